The molecule has 2 unspecified atom stereocenters. The summed E-state index contributed by atoms with van der Waals surface area (Å²) in [4.78, 5) is 69.3. The van der Waals surface area contributed by atoms with Crippen LogP contribution in [0.4, 0.5) is 18.9 Å². The molecule has 0 saturated heterocycles. The van der Waals surface area contributed by atoms with Crippen LogP contribution in [0.5, 0.6) is 0 Å². The predicted molar refractivity (Wildman–Crippen MR) is 179 cm³/mol. The molecular weight excluding hydrogens is 665 g/mol. The summed E-state index contributed by atoms with van der Waals surface area (Å²) in [6.45, 7) is 0.410. The number of rotatable bonds is 9. The molecule has 3 N–H and O–H groups in total. The zero-order chi connectivity index (χ0) is 36.5. The first-order valence-corrected chi connectivity index (χ1v) is 15.7. The number of nitrogens with two attached hydrogens (primary N) is 1. The standard InChI is InChI=1S/C38H31F3N4O6/c39-38(40,41)37(50)51-33(47)23-31(27-12-6-2-7-13-27)45-34(28-14-8-3-9-15-28)36(49)44(24-26-10-4-1-5-11-26)30-18-16-25(22-29(30)35(45)48)17-19-32(46)43-21-20-42/h1-16,18,22,31,34H,20-21,23-24,42H2,(H,43,46). The van der Waals surface area contributed by atoms with Crippen molar-refractivity contribution in [2.45, 2.75) is 31.2 Å². The van der Waals surface area contributed by atoms with Crippen LogP contribution in [-0.2, 0) is 30.5 Å². The van der Waals surface area contributed by atoms with Gasteiger partial charge in [0.05, 0.1) is 30.3 Å². The SMILES string of the molecule is NCCNC(=O)C#Cc1ccc2c(c1)C(=O)N(C(CC(=O)OC(=O)C(F)(F)F)c1ccccc1)C(c1ccccc1)C(=O)N2Cc1ccccc1. The van der Waals surface area contributed by atoms with Crippen LogP contribution in [0.2, 0.25) is 0 Å². The van der Waals surface area contributed by atoms with E-state index >= 15 is 0 Å². The van der Waals surface area contributed by atoms with E-state index < -0.39 is 54.3 Å². The van der Waals surface area contributed by atoms with E-state index in [1.54, 1.807) is 97.1 Å². The summed E-state index contributed by atoms with van der Waals surface area (Å²) < 4.78 is 43.4. The Kier molecular flexibility index (Phi) is 11.3. The summed E-state index contributed by atoms with van der Waals surface area (Å²) in [5, 5.41) is 2.53. The number of halogens is 3. The minimum absolute atomic E-state index is 0.0157. The molecule has 0 aliphatic carbocycles. The van der Waals surface area contributed by atoms with Gasteiger partial charge in [0, 0.05) is 24.6 Å². The summed E-state index contributed by atoms with van der Waals surface area (Å²) in [6.07, 6.45) is -6.36. The minimum Gasteiger partial charge on any atom is -0.386 e. The molecule has 0 radical (unpaired) electrons. The second-order valence-electron chi connectivity index (χ2n) is 11.4. The molecule has 4 aromatic carbocycles. The highest BCUT2D eigenvalue weighted by Crippen LogP contribution is 2.42. The van der Waals surface area contributed by atoms with E-state index in [1.807, 2.05) is 0 Å². The Morgan fingerprint density at radius 1 is 0.882 bits per heavy atom. The van der Waals surface area contributed by atoms with Gasteiger partial charge in [-0.1, -0.05) is 96.9 Å². The normalized spacial score (nSPS) is 14.8. The Labute approximate surface area is 291 Å². The van der Waals surface area contributed by atoms with Crippen LogP contribution in [0.3, 0.4) is 0 Å². The number of ether oxygens (including phenoxy) is 1. The second kappa shape index (κ2) is 16.0. The number of nitrogens with zero attached hydrogens (tertiary/aromatic N) is 2. The van der Waals surface area contributed by atoms with Gasteiger partial charge in [-0.15, -0.1) is 0 Å². The predicted octanol–water partition coefficient (Wildman–Crippen LogP) is 4.61. The number of carbonyl (C=O) groups is 5. The highest BCUT2D eigenvalue weighted by atomic mass is 19.4. The second-order valence-corrected chi connectivity index (χ2v) is 11.4. The smallest absolute Gasteiger partial charge is 0.386 e. The first-order chi connectivity index (χ1) is 24.5. The van der Waals surface area contributed by atoms with Gasteiger partial charge in [0.25, 0.3) is 17.7 Å². The average Bonchev–Trinajstić information content (AvgIpc) is 3.21. The molecule has 0 spiro atoms. The largest absolute Gasteiger partial charge is 0.491 e. The Bertz CT molecular complexity index is 1980. The van der Waals surface area contributed by atoms with Crippen molar-refractivity contribution in [1.82, 2.24) is 10.2 Å². The molecule has 4 aromatic rings. The maximum Gasteiger partial charge on any atom is 0.491 e. The lowest BCUT2D eigenvalue weighted by atomic mass is 9.95. The number of amides is 3. The van der Waals surface area contributed by atoms with Crippen molar-refractivity contribution in [2.24, 2.45) is 5.73 Å². The molecule has 1 aliphatic rings. The Morgan fingerprint density at radius 3 is 2.14 bits per heavy atom. The lowest BCUT2D eigenvalue weighted by Crippen LogP contribution is -2.45. The van der Waals surface area contributed by atoms with Crippen molar-refractivity contribution in [3.8, 4) is 11.8 Å². The van der Waals surface area contributed by atoms with Gasteiger partial charge in [-0.05, 0) is 34.9 Å². The molecule has 0 bridgehead atoms. The number of carbonyl (C=O) groups excluding carboxylic acids is 5. The van der Waals surface area contributed by atoms with Crippen LogP contribution in [-0.4, -0.2) is 53.8 Å². The fourth-order valence-electron chi connectivity index (χ4n) is 5.62. The number of hydrogen-bond donors (Lipinski definition) is 2. The molecule has 0 fully saturated rings. The molecule has 1 heterocycles. The third-order valence-corrected chi connectivity index (χ3v) is 7.90. The lowest BCUT2D eigenvalue weighted by molar-refractivity contribution is -0.202. The van der Waals surface area contributed by atoms with Crippen molar-refractivity contribution in [3.05, 3.63) is 137 Å². The topological polar surface area (TPSA) is 139 Å². The fourth-order valence-corrected chi connectivity index (χ4v) is 5.62. The number of benzene rings is 4. The lowest BCUT2D eigenvalue weighted by Gasteiger charge is -2.37. The summed E-state index contributed by atoms with van der Waals surface area (Å²) in [6, 6.07) is 26.8. The highest BCUT2D eigenvalue weighted by molar-refractivity contribution is 6.11. The average molecular weight is 697 g/mol. The van der Waals surface area contributed by atoms with Gasteiger partial charge in [-0.3, -0.25) is 19.2 Å². The molecule has 0 saturated carbocycles. The van der Waals surface area contributed by atoms with Crippen molar-refractivity contribution in [2.75, 3.05) is 18.0 Å². The number of fused-ring (bicyclic) bond motifs is 1. The van der Waals surface area contributed by atoms with Crippen LogP contribution in [0.15, 0.2) is 109 Å². The summed E-state index contributed by atoms with van der Waals surface area (Å²) in [5.41, 5.74) is 7.18. The van der Waals surface area contributed by atoms with Gasteiger partial charge >= 0.3 is 18.1 Å². The monoisotopic (exact) mass is 696 g/mol. The fraction of sp³-hybridized carbons (Fsp3) is 0.184. The summed E-state index contributed by atoms with van der Waals surface area (Å²) in [5.74, 6) is -1.10. The van der Waals surface area contributed by atoms with E-state index in [0.717, 1.165) is 10.5 Å². The number of alkyl halides is 3. The third-order valence-electron chi connectivity index (χ3n) is 7.90. The van der Waals surface area contributed by atoms with Gasteiger partial charge in [0.1, 0.15) is 6.04 Å². The van der Waals surface area contributed by atoms with Gasteiger partial charge in [0.15, 0.2) is 0 Å². The first-order valence-electron chi connectivity index (χ1n) is 15.7. The van der Waals surface area contributed by atoms with E-state index in [1.165, 1.54) is 17.0 Å². The number of anilines is 1. The molecule has 2 atom stereocenters. The summed E-state index contributed by atoms with van der Waals surface area (Å²) in [7, 11) is 0. The molecule has 5 rings (SSSR count). The quantitative estimate of drug-likeness (QED) is 0.148. The van der Waals surface area contributed by atoms with Crippen molar-refractivity contribution >= 4 is 35.3 Å². The number of hydrogen-bond acceptors (Lipinski definition) is 7. The van der Waals surface area contributed by atoms with E-state index in [-0.39, 0.29) is 42.0 Å². The maximum absolute atomic E-state index is 15.0. The maximum atomic E-state index is 15.0. The molecule has 13 heteroatoms. The van der Waals surface area contributed by atoms with Crippen molar-refractivity contribution in [1.29, 1.82) is 0 Å². The zero-order valence-electron chi connectivity index (χ0n) is 26.9. The first kappa shape index (κ1) is 36.0. The minimum atomic E-state index is -5.45. The third kappa shape index (κ3) is 8.67. The highest BCUT2D eigenvalue weighted by Gasteiger charge is 2.46. The van der Waals surface area contributed by atoms with Crippen LogP contribution in [0.25, 0.3) is 0 Å². The Hall–Kier alpha value is -6.26. The Balaban J connectivity index is 1.71. The van der Waals surface area contributed by atoms with Gasteiger partial charge < -0.3 is 25.6 Å². The van der Waals surface area contributed by atoms with Gasteiger partial charge in [-0.2, -0.15) is 13.2 Å². The van der Waals surface area contributed by atoms with E-state index in [2.05, 4.69) is 21.9 Å². The van der Waals surface area contributed by atoms with E-state index in [9.17, 15) is 37.1 Å². The Morgan fingerprint density at radius 2 is 1.51 bits per heavy atom. The van der Waals surface area contributed by atoms with E-state index in [4.69, 9.17) is 5.73 Å². The van der Waals surface area contributed by atoms with Crippen molar-refractivity contribution < 1.29 is 41.9 Å². The molecule has 260 valence electrons. The number of esters is 2. The van der Waals surface area contributed by atoms with Crippen LogP contribution in [0.1, 0.15) is 51.1 Å². The molecule has 1 aliphatic heterocycles. The zero-order valence-corrected chi connectivity index (χ0v) is 26.9. The van der Waals surface area contributed by atoms with E-state index in [0.29, 0.717) is 5.56 Å². The van der Waals surface area contributed by atoms with Gasteiger partial charge in [-0.25, -0.2) is 4.79 Å². The molecular formula is C38H31F3N4O6. The molecule has 51 heavy (non-hydrogen) atoms. The van der Waals surface area contributed by atoms with Crippen LogP contribution >= 0.6 is 0 Å². The van der Waals surface area contributed by atoms with Gasteiger partial charge in [0.2, 0.25) is 0 Å². The van der Waals surface area contributed by atoms with Crippen molar-refractivity contribution in [3.63, 3.8) is 0 Å². The summed E-state index contributed by atoms with van der Waals surface area (Å²) >= 11 is 0. The molecule has 3 amide bonds. The molecule has 0 aromatic heterocycles. The molecule has 10 nitrogen and oxygen atoms in total. The van der Waals surface area contributed by atoms with Crippen LogP contribution < -0.4 is 16.0 Å². The van der Waals surface area contributed by atoms with Crippen LogP contribution in [0, 0.1) is 11.8 Å². The number of nitrogens with one attached hydrogen (secondary N) is 1.